The molecule has 2 saturated heterocycles. The van der Waals surface area contributed by atoms with Crippen LogP contribution in [0.4, 0.5) is 34.5 Å². The highest BCUT2D eigenvalue weighted by Crippen LogP contribution is 2.39. The lowest BCUT2D eigenvalue weighted by Gasteiger charge is -2.36. The number of carbonyl (C=O) groups is 2. The summed E-state index contributed by atoms with van der Waals surface area (Å²) in [5, 5.41) is 6.65. The van der Waals surface area contributed by atoms with Crippen molar-refractivity contribution in [2.24, 2.45) is 5.92 Å². The summed E-state index contributed by atoms with van der Waals surface area (Å²) >= 11 is 0. The molecule has 6 rings (SSSR count). The van der Waals surface area contributed by atoms with Gasteiger partial charge >= 0.3 is 0 Å². The van der Waals surface area contributed by atoms with Crippen LogP contribution in [0, 0.1) is 5.92 Å². The molecule has 0 atom stereocenters. The Morgan fingerprint density at radius 3 is 2.55 bits per heavy atom. The SMILES string of the molecule is CCOc1cc(N2CCC(C(=O)N3CCNCC3)CC2)ccc1Nc1ncc2c(n1)N(C)c1ccccc1C(=O)N2C. The van der Waals surface area contributed by atoms with Crippen LogP contribution < -0.4 is 30.1 Å². The van der Waals surface area contributed by atoms with Crippen LogP contribution in [-0.2, 0) is 4.79 Å². The summed E-state index contributed by atoms with van der Waals surface area (Å²) in [4.78, 5) is 43.3. The first-order valence-corrected chi connectivity index (χ1v) is 14.7. The van der Waals surface area contributed by atoms with Gasteiger partial charge in [-0.15, -0.1) is 0 Å². The topological polar surface area (TPSA) is 106 Å². The Morgan fingerprint density at radius 1 is 1.02 bits per heavy atom. The van der Waals surface area contributed by atoms with Crippen molar-refractivity contribution in [1.29, 1.82) is 0 Å². The number of rotatable bonds is 6. The van der Waals surface area contributed by atoms with Gasteiger partial charge in [0.25, 0.3) is 5.91 Å². The van der Waals surface area contributed by atoms with Gasteiger partial charge in [-0.2, -0.15) is 4.98 Å². The Kier molecular flexibility index (Phi) is 7.84. The van der Waals surface area contributed by atoms with Crippen LogP contribution in [-0.4, -0.2) is 86.7 Å². The molecule has 2 amide bonds. The highest BCUT2D eigenvalue weighted by Gasteiger charge is 2.31. The number of amides is 2. The fraction of sp³-hybridized carbons (Fsp3) is 0.419. The number of nitrogens with zero attached hydrogens (tertiary/aromatic N) is 6. The van der Waals surface area contributed by atoms with E-state index in [1.165, 1.54) is 0 Å². The average molecular weight is 571 g/mol. The maximum absolute atomic E-state index is 13.1. The van der Waals surface area contributed by atoms with Gasteiger partial charge in [0.15, 0.2) is 5.82 Å². The third-order valence-corrected chi connectivity index (χ3v) is 8.38. The lowest BCUT2D eigenvalue weighted by Crippen LogP contribution is -2.50. The second kappa shape index (κ2) is 11.8. The third kappa shape index (κ3) is 5.32. The predicted octanol–water partition coefficient (Wildman–Crippen LogP) is 3.63. The molecule has 42 heavy (non-hydrogen) atoms. The normalized spacial score (nSPS) is 17.5. The zero-order valence-electron chi connectivity index (χ0n) is 24.5. The van der Waals surface area contributed by atoms with Crippen molar-refractivity contribution in [2.45, 2.75) is 19.8 Å². The Labute approximate surface area is 246 Å². The molecule has 2 aromatic carbocycles. The Balaban J connectivity index is 1.19. The van der Waals surface area contributed by atoms with E-state index >= 15 is 0 Å². The van der Waals surface area contributed by atoms with Crippen molar-refractivity contribution in [1.82, 2.24) is 20.2 Å². The van der Waals surface area contributed by atoms with E-state index in [0.717, 1.165) is 69.2 Å². The van der Waals surface area contributed by atoms with Gasteiger partial charge in [-0.05, 0) is 44.0 Å². The molecule has 3 aliphatic heterocycles. The molecule has 0 radical (unpaired) electrons. The van der Waals surface area contributed by atoms with Gasteiger partial charge in [0.1, 0.15) is 11.4 Å². The van der Waals surface area contributed by atoms with E-state index in [-0.39, 0.29) is 11.8 Å². The van der Waals surface area contributed by atoms with Crippen molar-refractivity contribution in [3.8, 4) is 5.75 Å². The summed E-state index contributed by atoms with van der Waals surface area (Å²) < 4.78 is 6.04. The monoisotopic (exact) mass is 570 g/mol. The van der Waals surface area contributed by atoms with Gasteiger partial charge in [0.05, 0.1) is 29.7 Å². The molecule has 3 aliphatic rings. The number of nitrogens with one attached hydrogen (secondary N) is 2. The number of hydrogen-bond donors (Lipinski definition) is 2. The van der Waals surface area contributed by atoms with E-state index in [1.807, 2.05) is 60.2 Å². The Morgan fingerprint density at radius 2 is 1.79 bits per heavy atom. The number of carbonyl (C=O) groups excluding carboxylic acids is 2. The standard InChI is InChI=1S/C31H38N8O3/c1-4-42-27-19-22(38-15-11-21(12-16-38)29(40)39-17-13-32-14-18-39)9-10-24(27)34-31-33-20-26-28(35-31)36(2)25-8-6-5-7-23(25)30(41)37(26)3/h5-10,19-21,32H,4,11-18H2,1-3H3,(H,33,34,35). The van der Waals surface area contributed by atoms with Crippen LogP contribution in [0.3, 0.4) is 0 Å². The maximum Gasteiger partial charge on any atom is 0.260 e. The molecule has 0 unspecified atom stereocenters. The summed E-state index contributed by atoms with van der Waals surface area (Å²) in [5.74, 6) is 2.03. The minimum Gasteiger partial charge on any atom is -0.492 e. The highest BCUT2D eigenvalue weighted by molar-refractivity contribution is 6.13. The molecule has 0 aliphatic carbocycles. The van der Waals surface area contributed by atoms with E-state index in [2.05, 4.69) is 26.6 Å². The van der Waals surface area contributed by atoms with Crippen molar-refractivity contribution >= 4 is 46.3 Å². The molecular formula is C31H38N8O3. The first kappa shape index (κ1) is 27.8. The van der Waals surface area contributed by atoms with Gasteiger partial charge in [-0.3, -0.25) is 9.59 Å². The van der Waals surface area contributed by atoms with Crippen molar-refractivity contribution < 1.29 is 14.3 Å². The molecule has 0 bridgehead atoms. The van der Waals surface area contributed by atoms with Crippen LogP contribution >= 0.6 is 0 Å². The Bertz CT molecular complexity index is 1470. The highest BCUT2D eigenvalue weighted by atomic mass is 16.5. The van der Waals surface area contributed by atoms with Crippen molar-refractivity contribution in [3.05, 3.63) is 54.2 Å². The Hall–Kier alpha value is -4.38. The number of piperazine rings is 1. The van der Waals surface area contributed by atoms with E-state index in [0.29, 0.717) is 41.3 Å². The number of benzene rings is 2. The molecular weight excluding hydrogens is 532 g/mol. The molecule has 4 heterocycles. The first-order valence-electron chi connectivity index (χ1n) is 14.7. The molecule has 2 fully saturated rings. The summed E-state index contributed by atoms with van der Waals surface area (Å²) in [6.45, 7) is 7.49. The summed E-state index contributed by atoms with van der Waals surface area (Å²) in [7, 11) is 3.64. The van der Waals surface area contributed by atoms with Crippen molar-refractivity contribution in [2.75, 3.05) is 80.0 Å². The number of aromatic nitrogens is 2. The lowest BCUT2D eigenvalue weighted by molar-refractivity contribution is -0.136. The van der Waals surface area contributed by atoms with Crippen LogP contribution in [0.1, 0.15) is 30.1 Å². The minimum atomic E-state index is -0.105. The number of fused-ring (bicyclic) bond motifs is 2. The molecule has 0 saturated carbocycles. The van der Waals surface area contributed by atoms with E-state index < -0.39 is 0 Å². The number of piperidine rings is 1. The molecule has 1 aromatic heterocycles. The van der Waals surface area contributed by atoms with Gasteiger partial charge in [-0.25, -0.2) is 4.98 Å². The minimum absolute atomic E-state index is 0.0939. The van der Waals surface area contributed by atoms with Crippen molar-refractivity contribution in [3.63, 3.8) is 0 Å². The largest absolute Gasteiger partial charge is 0.492 e. The van der Waals surface area contributed by atoms with Crippen LogP contribution in [0.15, 0.2) is 48.7 Å². The number of anilines is 6. The molecule has 11 heteroatoms. The third-order valence-electron chi connectivity index (χ3n) is 8.38. The van der Waals surface area contributed by atoms with E-state index in [1.54, 1.807) is 18.1 Å². The summed E-state index contributed by atoms with van der Waals surface area (Å²) in [5.41, 5.74) is 3.85. The van der Waals surface area contributed by atoms with Gasteiger partial charge in [0, 0.05) is 71.0 Å². The second-order valence-electron chi connectivity index (χ2n) is 10.9. The van der Waals surface area contributed by atoms with E-state index in [4.69, 9.17) is 9.72 Å². The summed E-state index contributed by atoms with van der Waals surface area (Å²) in [6.07, 6.45) is 3.37. The second-order valence-corrected chi connectivity index (χ2v) is 10.9. The smallest absolute Gasteiger partial charge is 0.260 e. The fourth-order valence-corrected chi connectivity index (χ4v) is 6.00. The van der Waals surface area contributed by atoms with Crippen LogP contribution in [0.25, 0.3) is 0 Å². The van der Waals surface area contributed by atoms with Gasteiger partial charge in [-0.1, -0.05) is 12.1 Å². The predicted molar refractivity (Wildman–Crippen MR) is 165 cm³/mol. The van der Waals surface area contributed by atoms with Gasteiger partial charge in [0.2, 0.25) is 11.9 Å². The molecule has 11 nitrogen and oxygen atoms in total. The quantitative estimate of drug-likeness (QED) is 0.460. The number of ether oxygens (including phenoxy) is 1. The maximum atomic E-state index is 13.1. The number of para-hydroxylation sites is 1. The zero-order chi connectivity index (χ0) is 29.2. The fourth-order valence-electron chi connectivity index (χ4n) is 6.00. The molecule has 3 aromatic rings. The molecule has 2 N–H and O–H groups in total. The van der Waals surface area contributed by atoms with Gasteiger partial charge < -0.3 is 35.0 Å². The van der Waals surface area contributed by atoms with Crippen LogP contribution in [0.2, 0.25) is 0 Å². The average Bonchev–Trinajstić information content (AvgIpc) is 3.11. The number of hydrogen-bond acceptors (Lipinski definition) is 9. The zero-order valence-corrected chi connectivity index (χ0v) is 24.5. The lowest BCUT2D eigenvalue weighted by atomic mass is 9.94. The molecule has 220 valence electrons. The first-order chi connectivity index (χ1) is 20.4. The summed E-state index contributed by atoms with van der Waals surface area (Å²) in [6, 6.07) is 13.6. The van der Waals surface area contributed by atoms with Crippen LogP contribution in [0.5, 0.6) is 5.75 Å². The van der Waals surface area contributed by atoms with E-state index in [9.17, 15) is 9.59 Å². The molecule has 0 spiro atoms.